The number of hydrogen-bond donors (Lipinski definition) is 4. The first-order valence-electron chi connectivity index (χ1n) is 12.4. The molecule has 0 spiro atoms. The van der Waals surface area contributed by atoms with Gasteiger partial charge in [-0.25, -0.2) is 9.78 Å². The first kappa shape index (κ1) is 26.7. The molecule has 8 nitrogen and oxygen atoms in total. The van der Waals surface area contributed by atoms with Gasteiger partial charge in [-0.1, -0.05) is 0 Å². The van der Waals surface area contributed by atoms with Gasteiger partial charge in [0.1, 0.15) is 23.1 Å². The lowest BCUT2D eigenvalue weighted by Gasteiger charge is -2.20. The van der Waals surface area contributed by atoms with E-state index in [0.717, 1.165) is 0 Å². The molecule has 6 rings (SSSR count). The number of phenols is 1. The monoisotopic (exact) mass is 578 g/mol. The fourth-order valence-corrected chi connectivity index (χ4v) is 5.35. The van der Waals surface area contributed by atoms with Crippen LogP contribution in [0.1, 0.15) is 41.0 Å². The molecule has 2 aliphatic carbocycles. The standard InChI is InChI=1S/C27H20F6N4O4/c28-26(29,30)12-7-13(27(31,32)33)9-14(8-12)35-24(40)37-25-11-18(25)22(25)17-10-15(1-3-19(17)38)41-20-5-6-34-23-16(20)2-4-21(39)36-23/h1,3,5-10,18,22,38H,2,4,11H2,(H,34,36,39)(H2,35,37,40)/t18-,22+,25-/m0/s1. The Morgan fingerprint density at radius 2 is 1.73 bits per heavy atom. The van der Waals surface area contributed by atoms with E-state index in [1.807, 2.05) is 0 Å². The second kappa shape index (κ2) is 9.01. The number of pyridine rings is 1. The third-order valence-electron chi connectivity index (χ3n) is 7.53. The molecule has 0 unspecified atom stereocenters. The van der Waals surface area contributed by atoms with Gasteiger partial charge in [0, 0.05) is 35.3 Å². The van der Waals surface area contributed by atoms with Crippen LogP contribution in [0.5, 0.6) is 17.2 Å². The number of amides is 3. The summed E-state index contributed by atoms with van der Waals surface area (Å²) >= 11 is 0. The lowest BCUT2D eigenvalue weighted by atomic mass is 9.99. The SMILES string of the molecule is O=C1CCc2c(Oc3ccc(O)c([C@@H]4[C@@H]5C[C@@]45NC(=O)Nc4cc(C(F)(F)F)cc(C(F)(F)F)c4)c3)ccnc2N1. The van der Waals surface area contributed by atoms with Gasteiger partial charge in [0.05, 0.1) is 16.7 Å². The van der Waals surface area contributed by atoms with Crippen LogP contribution in [-0.2, 0) is 23.6 Å². The Hall–Kier alpha value is -4.49. The number of nitrogens with one attached hydrogen (secondary N) is 3. The van der Waals surface area contributed by atoms with Crippen molar-refractivity contribution >= 4 is 23.4 Å². The third kappa shape index (κ3) is 4.98. The maximum atomic E-state index is 13.2. The molecular weight excluding hydrogens is 558 g/mol. The van der Waals surface area contributed by atoms with Crippen molar-refractivity contribution in [2.45, 2.75) is 43.1 Å². The number of aromatic hydroxyl groups is 1. The number of phenolic OH excluding ortho intramolecular Hbond substituents is 1. The Morgan fingerprint density at radius 3 is 2.39 bits per heavy atom. The molecule has 41 heavy (non-hydrogen) atoms. The number of halogens is 6. The maximum absolute atomic E-state index is 13.2. The first-order chi connectivity index (χ1) is 19.2. The summed E-state index contributed by atoms with van der Waals surface area (Å²) in [7, 11) is 0. The first-order valence-corrected chi connectivity index (χ1v) is 12.4. The highest BCUT2D eigenvalue weighted by atomic mass is 19.4. The number of carbonyl (C=O) groups excluding carboxylic acids is 2. The van der Waals surface area contributed by atoms with Crippen LogP contribution in [-0.4, -0.2) is 27.6 Å². The average Bonchev–Trinajstić information content (AvgIpc) is 3.74. The van der Waals surface area contributed by atoms with Crippen LogP contribution in [0.4, 0.5) is 42.6 Å². The summed E-state index contributed by atoms with van der Waals surface area (Å²) in [5.74, 6) is 0.612. The van der Waals surface area contributed by atoms with Crippen molar-refractivity contribution in [3.05, 3.63) is 70.9 Å². The summed E-state index contributed by atoms with van der Waals surface area (Å²) in [5, 5.41) is 17.9. The molecule has 0 radical (unpaired) electrons. The molecule has 1 aliphatic heterocycles. The molecule has 2 aromatic carbocycles. The molecule has 214 valence electrons. The van der Waals surface area contributed by atoms with Crippen molar-refractivity contribution in [1.82, 2.24) is 10.3 Å². The van der Waals surface area contributed by atoms with Gasteiger partial charge in [0.2, 0.25) is 5.91 Å². The molecule has 4 N–H and O–H groups in total. The van der Waals surface area contributed by atoms with E-state index in [-0.39, 0.29) is 36.0 Å². The van der Waals surface area contributed by atoms with Crippen molar-refractivity contribution in [2.75, 3.05) is 10.6 Å². The van der Waals surface area contributed by atoms with Gasteiger partial charge in [0.25, 0.3) is 0 Å². The number of urea groups is 1. The molecular formula is C27H20F6N4O4. The lowest BCUT2D eigenvalue weighted by Crippen LogP contribution is -2.36. The van der Waals surface area contributed by atoms with E-state index in [1.54, 1.807) is 18.2 Å². The van der Waals surface area contributed by atoms with Gasteiger partial charge < -0.3 is 25.8 Å². The van der Waals surface area contributed by atoms with E-state index in [2.05, 4.69) is 20.9 Å². The molecule has 3 amide bonds. The summed E-state index contributed by atoms with van der Waals surface area (Å²) in [5.41, 5.74) is -3.37. The summed E-state index contributed by atoms with van der Waals surface area (Å²) in [4.78, 5) is 28.5. The number of nitrogens with zero attached hydrogens (tertiary/aromatic N) is 1. The van der Waals surface area contributed by atoms with E-state index in [0.29, 0.717) is 53.4 Å². The van der Waals surface area contributed by atoms with Gasteiger partial charge in [-0.05, 0) is 61.2 Å². The van der Waals surface area contributed by atoms with Gasteiger partial charge in [-0.3, -0.25) is 4.79 Å². The highest BCUT2D eigenvalue weighted by molar-refractivity contribution is 5.93. The maximum Gasteiger partial charge on any atom is 0.416 e. The minimum Gasteiger partial charge on any atom is -0.508 e. The largest absolute Gasteiger partial charge is 0.508 e. The Balaban J connectivity index is 1.17. The smallest absolute Gasteiger partial charge is 0.416 e. The highest BCUT2D eigenvalue weighted by Crippen LogP contribution is 2.77. The van der Waals surface area contributed by atoms with Gasteiger partial charge in [-0.2, -0.15) is 26.3 Å². The van der Waals surface area contributed by atoms with Crippen molar-refractivity contribution in [3.8, 4) is 17.2 Å². The fourth-order valence-electron chi connectivity index (χ4n) is 5.35. The Morgan fingerprint density at radius 1 is 1.02 bits per heavy atom. The predicted molar refractivity (Wildman–Crippen MR) is 132 cm³/mol. The molecule has 0 saturated heterocycles. The van der Waals surface area contributed by atoms with Crippen LogP contribution in [0, 0.1) is 5.92 Å². The number of ether oxygens (including phenoxy) is 1. The number of carbonyl (C=O) groups is 2. The predicted octanol–water partition coefficient (Wildman–Crippen LogP) is 6.18. The minimum atomic E-state index is -5.05. The molecule has 3 aliphatic rings. The lowest BCUT2D eigenvalue weighted by molar-refractivity contribution is -0.143. The van der Waals surface area contributed by atoms with Crippen LogP contribution < -0.4 is 20.7 Å². The molecule has 0 bridgehead atoms. The second-order valence-electron chi connectivity index (χ2n) is 10.2. The van der Waals surface area contributed by atoms with E-state index in [9.17, 15) is 41.0 Å². The average molecular weight is 578 g/mol. The van der Waals surface area contributed by atoms with Gasteiger partial charge in [0.15, 0.2) is 0 Å². The van der Waals surface area contributed by atoms with Crippen LogP contribution in [0.15, 0.2) is 48.7 Å². The molecule has 14 heteroatoms. The van der Waals surface area contributed by atoms with Crippen molar-refractivity contribution in [1.29, 1.82) is 0 Å². The summed E-state index contributed by atoms with van der Waals surface area (Å²) in [6, 6.07) is 6.07. The number of alkyl halides is 6. The molecule has 2 saturated carbocycles. The van der Waals surface area contributed by atoms with Crippen LogP contribution in [0.25, 0.3) is 0 Å². The highest BCUT2D eigenvalue weighted by Gasteiger charge is 2.80. The Kier molecular flexibility index (Phi) is 5.87. The zero-order valence-corrected chi connectivity index (χ0v) is 20.8. The Labute approximate surface area is 227 Å². The van der Waals surface area contributed by atoms with Crippen molar-refractivity contribution in [3.63, 3.8) is 0 Å². The zero-order chi connectivity index (χ0) is 29.3. The zero-order valence-electron chi connectivity index (χ0n) is 20.8. The molecule has 2 fully saturated rings. The number of rotatable bonds is 5. The third-order valence-corrected chi connectivity index (χ3v) is 7.53. The second-order valence-corrected chi connectivity index (χ2v) is 10.2. The van der Waals surface area contributed by atoms with E-state index in [1.165, 1.54) is 12.3 Å². The van der Waals surface area contributed by atoms with Gasteiger partial charge in [-0.15, -0.1) is 0 Å². The van der Waals surface area contributed by atoms with Gasteiger partial charge >= 0.3 is 18.4 Å². The van der Waals surface area contributed by atoms with Crippen molar-refractivity contribution < 1.29 is 45.8 Å². The summed E-state index contributed by atoms with van der Waals surface area (Å²) in [6.45, 7) is 0. The summed E-state index contributed by atoms with van der Waals surface area (Å²) < 4.78 is 85.0. The number of fused-ring (bicyclic) bond motifs is 2. The fraction of sp³-hybridized carbons (Fsp3) is 0.296. The molecule has 3 aromatic rings. The summed E-state index contributed by atoms with van der Waals surface area (Å²) in [6.07, 6.45) is -7.40. The number of aromatic nitrogens is 1. The van der Waals surface area contributed by atoms with E-state index >= 15 is 0 Å². The quantitative estimate of drug-likeness (QED) is 0.270. The topological polar surface area (TPSA) is 113 Å². The van der Waals surface area contributed by atoms with Crippen molar-refractivity contribution in [2.24, 2.45) is 5.92 Å². The normalized spacial score (nSPS) is 22.6. The number of benzene rings is 2. The van der Waals surface area contributed by atoms with E-state index in [4.69, 9.17) is 4.74 Å². The van der Waals surface area contributed by atoms with Crippen LogP contribution in [0.3, 0.4) is 0 Å². The minimum absolute atomic E-state index is 0.0226. The number of hydrogen-bond acceptors (Lipinski definition) is 5. The molecule has 2 heterocycles. The Bertz CT molecular complexity index is 1560. The molecule has 1 aromatic heterocycles. The van der Waals surface area contributed by atoms with E-state index < -0.39 is 40.7 Å². The van der Waals surface area contributed by atoms with Crippen LogP contribution in [0.2, 0.25) is 0 Å². The molecule has 3 atom stereocenters. The van der Waals surface area contributed by atoms with Crippen LogP contribution >= 0.6 is 0 Å². The number of anilines is 2.